The average molecular weight is 253 g/mol. The first-order valence-electron chi connectivity index (χ1n) is 7.14. The lowest BCUT2D eigenvalue weighted by Crippen LogP contribution is -2.19. The van der Waals surface area contributed by atoms with E-state index in [1.54, 1.807) is 6.92 Å². The molecular formula is C15H27NO2. The third kappa shape index (κ3) is 9.04. The fourth-order valence-electron chi connectivity index (χ4n) is 2.25. The molecule has 0 amide bonds. The van der Waals surface area contributed by atoms with Gasteiger partial charge in [-0.1, -0.05) is 33.1 Å². The number of rotatable bonds is 10. The van der Waals surface area contributed by atoms with Gasteiger partial charge in [0.25, 0.3) is 0 Å². The highest BCUT2D eigenvalue weighted by atomic mass is 16.6. The van der Waals surface area contributed by atoms with E-state index in [1.807, 2.05) is 0 Å². The standard InChI is InChI=1S/C15H27NO2/c1-4-6-7-8-12-15(16(17)18)13-9-11-14(3)10-5-2/h14-15H,5,7-13H2,1-3H3. The van der Waals surface area contributed by atoms with Crippen LogP contribution in [0.2, 0.25) is 0 Å². The van der Waals surface area contributed by atoms with Crippen LogP contribution in [-0.2, 0) is 0 Å². The molecule has 0 heterocycles. The SMILES string of the molecule is CC#CCCCC(CCCC(C)CCC)[N+](=O)[O-]. The van der Waals surface area contributed by atoms with Crippen LogP contribution in [0.5, 0.6) is 0 Å². The van der Waals surface area contributed by atoms with E-state index in [0.717, 1.165) is 32.1 Å². The predicted octanol–water partition coefficient (Wildman–Crippen LogP) is 4.43. The van der Waals surface area contributed by atoms with Gasteiger partial charge >= 0.3 is 0 Å². The minimum absolute atomic E-state index is 0.107. The third-order valence-corrected chi connectivity index (χ3v) is 3.33. The van der Waals surface area contributed by atoms with Crippen LogP contribution in [0, 0.1) is 27.9 Å². The third-order valence-electron chi connectivity index (χ3n) is 3.33. The zero-order valence-corrected chi connectivity index (χ0v) is 12.1. The summed E-state index contributed by atoms with van der Waals surface area (Å²) in [5.74, 6) is 6.49. The summed E-state index contributed by atoms with van der Waals surface area (Å²) in [5.41, 5.74) is 0. The second-order valence-corrected chi connectivity index (χ2v) is 5.08. The van der Waals surface area contributed by atoms with E-state index in [2.05, 4.69) is 25.7 Å². The van der Waals surface area contributed by atoms with Gasteiger partial charge in [-0.3, -0.25) is 10.1 Å². The Hall–Kier alpha value is -1.04. The fraction of sp³-hybridized carbons (Fsp3) is 0.867. The lowest BCUT2D eigenvalue weighted by Gasteiger charge is -2.12. The highest BCUT2D eigenvalue weighted by Crippen LogP contribution is 2.17. The maximum atomic E-state index is 10.9. The molecule has 3 nitrogen and oxygen atoms in total. The fourth-order valence-corrected chi connectivity index (χ4v) is 2.25. The van der Waals surface area contributed by atoms with Crippen molar-refractivity contribution in [1.82, 2.24) is 0 Å². The second kappa shape index (κ2) is 11.1. The number of hydrogen-bond acceptors (Lipinski definition) is 2. The molecule has 0 aliphatic rings. The molecule has 0 spiro atoms. The largest absolute Gasteiger partial charge is 0.264 e. The van der Waals surface area contributed by atoms with Gasteiger partial charge in [-0.05, 0) is 25.7 Å². The molecule has 0 N–H and O–H groups in total. The topological polar surface area (TPSA) is 43.1 Å². The summed E-state index contributed by atoms with van der Waals surface area (Å²) in [4.78, 5) is 10.8. The molecule has 0 aromatic rings. The summed E-state index contributed by atoms with van der Waals surface area (Å²) in [6, 6.07) is -0.363. The van der Waals surface area contributed by atoms with Crippen molar-refractivity contribution in [2.45, 2.75) is 78.2 Å². The van der Waals surface area contributed by atoms with Gasteiger partial charge in [-0.2, -0.15) is 0 Å². The summed E-state index contributed by atoms with van der Waals surface area (Å²) in [7, 11) is 0. The van der Waals surface area contributed by atoms with E-state index in [1.165, 1.54) is 12.8 Å². The van der Waals surface area contributed by atoms with Crippen LogP contribution in [0.1, 0.15) is 72.1 Å². The van der Waals surface area contributed by atoms with E-state index in [9.17, 15) is 10.1 Å². The lowest BCUT2D eigenvalue weighted by molar-refractivity contribution is -0.524. The van der Waals surface area contributed by atoms with Crippen molar-refractivity contribution in [2.24, 2.45) is 5.92 Å². The van der Waals surface area contributed by atoms with Crippen molar-refractivity contribution < 1.29 is 4.92 Å². The van der Waals surface area contributed by atoms with Gasteiger partial charge in [-0.15, -0.1) is 11.8 Å². The molecule has 0 saturated carbocycles. The van der Waals surface area contributed by atoms with Crippen molar-refractivity contribution in [1.29, 1.82) is 0 Å². The Bertz CT molecular complexity index is 278. The first-order chi connectivity index (χ1) is 8.61. The van der Waals surface area contributed by atoms with E-state index in [0.29, 0.717) is 12.3 Å². The molecular weight excluding hydrogens is 226 g/mol. The van der Waals surface area contributed by atoms with Crippen molar-refractivity contribution >= 4 is 0 Å². The van der Waals surface area contributed by atoms with Crippen LogP contribution in [-0.4, -0.2) is 11.0 Å². The summed E-state index contributed by atoms with van der Waals surface area (Å²) < 4.78 is 0. The van der Waals surface area contributed by atoms with Gasteiger partial charge in [0.15, 0.2) is 0 Å². The van der Waals surface area contributed by atoms with Crippen molar-refractivity contribution in [3.63, 3.8) is 0 Å². The first kappa shape index (κ1) is 17.0. The molecule has 0 aromatic heterocycles. The van der Waals surface area contributed by atoms with E-state index in [-0.39, 0.29) is 11.0 Å². The Kier molecular flexibility index (Phi) is 10.4. The Balaban J connectivity index is 3.82. The molecule has 3 heteroatoms. The lowest BCUT2D eigenvalue weighted by atomic mass is 9.96. The summed E-state index contributed by atoms with van der Waals surface area (Å²) in [6.07, 6.45) is 7.55. The van der Waals surface area contributed by atoms with Crippen LogP contribution in [0.15, 0.2) is 0 Å². The molecule has 2 unspecified atom stereocenters. The summed E-state index contributed by atoms with van der Waals surface area (Å²) in [5, 5.41) is 10.9. The molecule has 0 bridgehead atoms. The Morgan fingerprint density at radius 1 is 1.17 bits per heavy atom. The quantitative estimate of drug-likeness (QED) is 0.250. The molecule has 18 heavy (non-hydrogen) atoms. The summed E-state index contributed by atoms with van der Waals surface area (Å²) >= 11 is 0. The first-order valence-corrected chi connectivity index (χ1v) is 7.14. The molecule has 0 radical (unpaired) electrons. The van der Waals surface area contributed by atoms with Gasteiger partial charge in [0.05, 0.1) is 0 Å². The van der Waals surface area contributed by atoms with Crippen LogP contribution in [0.4, 0.5) is 0 Å². The predicted molar refractivity (Wildman–Crippen MR) is 76.0 cm³/mol. The van der Waals surface area contributed by atoms with Gasteiger partial charge in [0, 0.05) is 24.2 Å². The summed E-state index contributed by atoms with van der Waals surface area (Å²) in [6.45, 7) is 6.23. The minimum Gasteiger partial charge on any atom is -0.264 e. The molecule has 0 aromatic carbocycles. The molecule has 0 saturated heterocycles. The van der Waals surface area contributed by atoms with E-state index < -0.39 is 0 Å². The maximum absolute atomic E-state index is 10.9. The molecule has 2 atom stereocenters. The van der Waals surface area contributed by atoms with Crippen LogP contribution in [0.3, 0.4) is 0 Å². The van der Waals surface area contributed by atoms with Crippen molar-refractivity contribution in [2.75, 3.05) is 0 Å². The number of unbranched alkanes of at least 4 members (excludes halogenated alkanes) is 1. The smallest absolute Gasteiger partial charge is 0.213 e. The van der Waals surface area contributed by atoms with Crippen LogP contribution < -0.4 is 0 Å². The van der Waals surface area contributed by atoms with E-state index in [4.69, 9.17) is 0 Å². The van der Waals surface area contributed by atoms with Crippen molar-refractivity contribution in [3.05, 3.63) is 10.1 Å². The molecule has 0 fully saturated rings. The minimum atomic E-state index is -0.363. The normalized spacial score (nSPS) is 13.5. The molecule has 0 aliphatic heterocycles. The van der Waals surface area contributed by atoms with Crippen LogP contribution in [0.25, 0.3) is 0 Å². The number of nitrogens with zero attached hydrogens (tertiary/aromatic N) is 1. The maximum Gasteiger partial charge on any atom is 0.213 e. The van der Waals surface area contributed by atoms with Gasteiger partial charge in [0.2, 0.25) is 6.04 Å². The van der Waals surface area contributed by atoms with Crippen LogP contribution >= 0.6 is 0 Å². The Morgan fingerprint density at radius 3 is 2.39 bits per heavy atom. The van der Waals surface area contributed by atoms with Gasteiger partial charge in [0.1, 0.15) is 0 Å². The van der Waals surface area contributed by atoms with Crippen molar-refractivity contribution in [3.8, 4) is 11.8 Å². The molecule has 0 aliphatic carbocycles. The number of nitro groups is 1. The zero-order valence-electron chi connectivity index (χ0n) is 12.1. The monoisotopic (exact) mass is 253 g/mol. The zero-order chi connectivity index (χ0) is 13.8. The molecule has 0 rings (SSSR count). The highest BCUT2D eigenvalue weighted by Gasteiger charge is 2.19. The Labute approximate surface area is 112 Å². The van der Waals surface area contributed by atoms with E-state index >= 15 is 0 Å². The number of hydrogen-bond donors (Lipinski definition) is 0. The highest BCUT2D eigenvalue weighted by molar-refractivity contribution is 4.94. The van der Waals surface area contributed by atoms with Gasteiger partial charge in [-0.25, -0.2) is 0 Å². The Morgan fingerprint density at radius 2 is 1.83 bits per heavy atom. The second-order valence-electron chi connectivity index (χ2n) is 5.08. The molecule has 104 valence electrons. The van der Waals surface area contributed by atoms with Gasteiger partial charge < -0.3 is 0 Å². The average Bonchev–Trinajstić information content (AvgIpc) is 2.32.